The molecule has 3 N–H and O–H groups in total. The number of ether oxygens (including phenoxy) is 2. The molecule has 3 aliphatic rings. The van der Waals surface area contributed by atoms with Crippen molar-refractivity contribution in [3.63, 3.8) is 0 Å². The Morgan fingerprint density at radius 2 is 2.00 bits per heavy atom. The van der Waals surface area contributed by atoms with Crippen LogP contribution in [0.1, 0.15) is 38.5 Å². The zero-order valence-electron chi connectivity index (χ0n) is 12.1. The Morgan fingerprint density at radius 3 is 2.75 bits per heavy atom. The van der Waals surface area contributed by atoms with Crippen LogP contribution in [-0.4, -0.2) is 43.9 Å². The standard InChI is InChI=1S/C15H26N2O3/c16-14(18)12-2-1-6-17-13(12)11-3-7-20-15(10-11)4-8-19-9-5-15/h11-13,17H,1-10H2,(H2,16,18). The summed E-state index contributed by atoms with van der Waals surface area (Å²) in [6.45, 7) is 3.39. The maximum Gasteiger partial charge on any atom is 0.222 e. The van der Waals surface area contributed by atoms with Crippen LogP contribution in [0, 0.1) is 11.8 Å². The second kappa shape index (κ2) is 6.00. The quantitative estimate of drug-likeness (QED) is 0.786. The van der Waals surface area contributed by atoms with Crippen molar-refractivity contribution in [3.8, 4) is 0 Å². The molecule has 3 unspecified atom stereocenters. The van der Waals surface area contributed by atoms with Crippen LogP contribution >= 0.6 is 0 Å². The highest BCUT2D eigenvalue weighted by Gasteiger charge is 2.44. The molecule has 3 fully saturated rings. The molecule has 0 saturated carbocycles. The number of nitrogens with one attached hydrogen (secondary N) is 1. The number of primary amides is 1. The van der Waals surface area contributed by atoms with Crippen molar-refractivity contribution < 1.29 is 14.3 Å². The Kier molecular flexibility index (Phi) is 4.29. The summed E-state index contributed by atoms with van der Waals surface area (Å²) in [7, 11) is 0. The van der Waals surface area contributed by atoms with Crippen molar-refractivity contribution in [3.05, 3.63) is 0 Å². The van der Waals surface area contributed by atoms with E-state index < -0.39 is 0 Å². The first-order valence-electron chi connectivity index (χ1n) is 7.95. The zero-order chi connectivity index (χ0) is 14.0. The SMILES string of the molecule is NC(=O)C1CCCNC1C1CCOC2(CCOCC2)C1. The first kappa shape index (κ1) is 14.3. The second-order valence-electron chi connectivity index (χ2n) is 6.53. The summed E-state index contributed by atoms with van der Waals surface area (Å²) < 4.78 is 11.6. The summed E-state index contributed by atoms with van der Waals surface area (Å²) in [6, 6.07) is 0.241. The summed E-state index contributed by atoms with van der Waals surface area (Å²) in [5, 5.41) is 3.55. The van der Waals surface area contributed by atoms with E-state index in [-0.39, 0.29) is 23.5 Å². The third kappa shape index (κ3) is 2.85. The Hall–Kier alpha value is -0.650. The van der Waals surface area contributed by atoms with E-state index in [1.54, 1.807) is 0 Å². The summed E-state index contributed by atoms with van der Waals surface area (Å²) in [5.41, 5.74) is 5.59. The predicted molar refractivity (Wildman–Crippen MR) is 75.2 cm³/mol. The highest BCUT2D eigenvalue weighted by atomic mass is 16.5. The highest BCUT2D eigenvalue weighted by Crippen LogP contribution is 2.40. The fourth-order valence-electron chi connectivity index (χ4n) is 4.19. The fraction of sp³-hybridized carbons (Fsp3) is 0.933. The third-order valence-corrected chi connectivity index (χ3v) is 5.31. The number of hydrogen-bond acceptors (Lipinski definition) is 4. The van der Waals surface area contributed by atoms with Crippen LogP contribution in [0.2, 0.25) is 0 Å². The van der Waals surface area contributed by atoms with Gasteiger partial charge in [-0.1, -0.05) is 0 Å². The van der Waals surface area contributed by atoms with Crippen molar-refractivity contribution in [2.75, 3.05) is 26.4 Å². The molecule has 20 heavy (non-hydrogen) atoms. The third-order valence-electron chi connectivity index (χ3n) is 5.31. The van der Waals surface area contributed by atoms with Crippen LogP contribution in [0.4, 0.5) is 0 Å². The molecule has 5 nitrogen and oxygen atoms in total. The molecule has 3 heterocycles. The molecule has 114 valence electrons. The lowest BCUT2D eigenvalue weighted by molar-refractivity contribution is -0.154. The van der Waals surface area contributed by atoms with Crippen LogP contribution in [0.25, 0.3) is 0 Å². The van der Waals surface area contributed by atoms with Gasteiger partial charge in [-0.3, -0.25) is 4.79 Å². The Morgan fingerprint density at radius 1 is 1.20 bits per heavy atom. The highest BCUT2D eigenvalue weighted by molar-refractivity contribution is 5.77. The van der Waals surface area contributed by atoms with Gasteiger partial charge in [0.05, 0.1) is 11.5 Å². The van der Waals surface area contributed by atoms with E-state index in [1.165, 1.54) is 0 Å². The maximum absolute atomic E-state index is 11.7. The van der Waals surface area contributed by atoms with Gasteiger partial charge < -0.3 is 20.5 Å². The van der Waals surface area contributed by atoms with E-state index >= 15 is 0 Å². The molecule has 0 aromatic carbocycles. The molecule has 0 bridgehead atoms. The number of carbonyl (C=O) groups excluding carboxylic acids is 1. The number of carbonyl (C=O) groups is 1. The Labute approximate surface area is 120 Å². The van der Waals surface area contributed by atoms with Gasteiger partial charge in [0.15, 0.2) is 0 Å². The minimum atomic E-state index is -0.144. The Bertz CT molecular complexity index is 350. The van der Waals surface area contributed by atoms with Crippen LogP contribution in [-0.2, 0) is 14.3 Å². The molecular formula is C15H26N2O3. The molecule has 3 atom stereocenters. The van der Waals surface area contributed by atoms with Crippen molar-refractivity contribution in [1.82, 2.24) is 5.32 Å². The summed E-state index contributed by atoms with van der Waals surface area (Å²) >= 11 is 0. The molecule has 3 rings (SSSR count). The molecule has 3 saturated heterocycles. The number of rotatable bonds is 2. The lowest BCUT2D eigenvalue weighted by Gasteiger charge is -2.47. The lowest BCUT2D eigenvalue weighted by atomic mass is 9.72. The molecule has 3 aliphatic heterocycles. The van der Waals surface area contributed by atoms with Gasteiger partial charge >= 0.3 is 0 Å². The Balaban J connectivity index is 1.70. The molecule has 0 aromatic rings. The first-order valence-corrected chi connectivity index (χ1v) is 7.95. The van der Waals surface area contributed by atoms with E-state index in [9.17, 15) is 4.79 Å². The molecule has 0 radical (unpaired) electrons. The van der Waals surface area contributed by atoms with Gasteiger partial charge in [0.25, 0.3) is 0 Å². The minimum Gasteiger partial charge on any atom is -0.381 e. The van der Waals surface area contributed by atoms with Crippen molar-refractivity contribution in [2.45, 2.75) is 50.2 Å². The van der Waals surface area contributed by atoms with E-state index in [2.05, 4.69) is 5.32 Å². The van der Waals surface area contributed by atoms with Crippen LogP contribution in [0.5, 0.6) is 0 Å². The predicted octanol–water partition coefficient (Wildman–Crippen LogP) is 0.816. The number of amides is 1. The van der Waals surface area contributed by atoms with Crippen molar-refractivity contribution in [2.24, 2.45) is 17.6 Å². The van der Waals surface area contributed by atoms with Gasteiger partial charge in [-0.2, -0.15) is 0 Å². The topological polar surface area (TPSA) is 73.6 Å². The average Bonchev–Trinajstić information content (AvgIpc) is 2.48. The van der Waals surface area contributed by atoms with Gasteiger partial charge in [-0.25, -0.2) is 0 Å². The van der Waals surface area contributed by atoms with E-state index in [0.717, 1.165) is 64.9 Å². The first-order chi connectivity index (χ1) is 9.70. The van der Waals surface area contributed by atoms with Crippen LogP contribution in [0.3, 0.4) is 0 Å². The molecule has 0 aliphatic carbocycles. The molecular weight excluding hydrogens is 256 g/mol. The van der Waals surface area contributed by atoms with Gasteiger partial charge in [0, 0.05) is 25.9 Å². The fourth-order valence-corrected chi connectivity index (χ4v) is 4.19. The van der Waals surface area contributed by atoms with Gasteiger partial charge in [0.1, 0.15) is 0 Å². The van der Waals surface area contributed by atoms with Crippen molar-refractivity contribution in [1.29, 1.82) is 0 Å². The molecule has 0 aromatic heterocycles. The monoisotopic (exact) mass is 282 g/mol. The van der Waals surface area contributed by atoms with Crippen LogP contribution in [0.15, 0.2) is 0 Å². The van der Waals surface area contributed by atoms with Gasteiger partial charge in [0.2, 0.25) is 5.91 Å². The molecule has 1 spiro atoms. The maximum atomic E-state index is 11.7. The largest absolute Gasteiger partial charge is 0.381 e. The smallest absolute Gasteiger partial charge is 0.222 e. The van der Waals surface area contributed by atoms with Gasteiger partial charge in [-0.05, 0) is 51.0 Å². The average molecular weight is 282 g/mol. The summed E-state index contributed by atoms with van der Waals surface area (Å²) in [6.07, 6.45) is 6.02. The zero-order valence-corrected chi connectivity index (χ0v) is 12.1. The van der Waals surface area contributed by atoms with E-state index in [4.69, 9.17) is 15.2 Å². The molecule has 5 heteroatoms. The summed E-state index contributed by atoms with van der Waals surface area (Å²) in [5.74, 6) is 0.345. The van der Waals surface area contributed by atoms with Crippen molar-refractivity contribution >= 4 is 5.91 Å². The molecule has 1 amide bonds. The number of nitrogens with two attached hydrogens (primary N) is 1. The van der Waals surface area contributed by atoms with E-state index in [0.29, 0.717) is 5.92 Å². The number of piperidine rings is 1. The lowest BCUT2D eigenvalue weighted by Crippen LogP contribution is -2.55. The summed E-state index contributed by atoms with van der Waals surface area (Å²) in [4.78, 5) is 11.7. The van der Waals surface area contributed by atoms with E-state index in [1.807, 2.05) is 0 Å². The minimum absolute atomic E-state index is 0.0104. The van der Waals surface area contributed by atoms with Gasteiger partial charge in [-0.15, -0.1) is 0 Å². The number of hydrogen-bond donors (Lipinski definition) is 2. The van der Waals surface area contributed by atoms with Crippen LogP contribution < -0.4 is 11.1 Å². The second-order valence-corrected chi connectivity index (χ2v) is 6.53. The normalized spacial score (nSPS) is 37.7.